The number of ether oxygens (including phenoxy) is 2. The second-order valence-electron chi connectivity index (χ2n) is 5.30. The Hall–Kier alpha value is -1.07. The summed E-state index contributed by atoms with van der Waals surface area (Å²) in [6.45, 7) is 4.67. The van der Waals surface area contributed by atoms with Gasteiger partial charge in [0.05, 0.1) is 25.5 Å². The number of rotatable bonds is 3. The third-order valence-corrected chi connectivity index (χ3v) is 3.95. The predicted octanol–water partition coefficient (Wildman–Crippen LogP) is 1.60. The molecule has 18 heavy (non-hydrogen) atoms. The Morgan fingerprint density at radius 3 is 2.94 bits per heavy atom. The van der Waals surface area contributed by atoms with Gasteiger partial charge in [0.25, 0.3) is 0 Å². The largest absolute Gasteiger partial charge is 0.493 e. The van der Waals surface area contributed by atoms with Crippen molar-refractivity contribution in [3.8, 4) is 5.75 Å². The molecule has 102 valence electrons. The molecule has 0 saturated carbocycles. The maximum atomic E-state index is 11.0. The van der Waals surface area contributed by atoms with Gasteiger partial charge >= 0.3 is 0 Å². The van der Waals surface area contributed by atoms with Crippen LogP contribution in [0.15, 0.2) is 6.20 Å². The van der Waals surface area contributed by atoms with E-state index < -0.39 is 5.60 Å². The molecule has 0 spiro atoms. The van der Waals surface area contributed by atoms with E-state index in [4.69, 9.17) is 9.47 Å². The van der Waals surface area contributed by atoms with Crippen molar-refractivity contribution in [1.82, 2.24) is 9.78 Å². The van der Waals surface area contributed by atoms with Gasteiger partial charge in [-0.2, -0.15) is 5.10 Å². The molecule has 0 amide bonds. The first kappa shape index (κ1) is 13.4. The predicted molar refractivity (Wildman–Crippen MR) is 67.5 cm³/mol. The average molecular weight is 254 g/mol. The second kappa shape index (κ2) is 4.55. The Balaban J connectivity index is 2.38. The standard InChI is InChI=1S/C13H22N2O3/c1-5-12(2)9-13(16,6-7-18-12)11-10(17-4)8-14-15(11)3/h8,16H,5-7,9H2,1-4H3. The molecule has 5 heteroatoms. The van der Waals surface area contributed by atoms with Crippen molar-refractivity contribution < 1.29 is 14.6 Å². The van der Waals surface area contributed by atoms with Crippen LogP contribution >= 0.6 is 0 Å². The van der Waals surface area contributed by atoms with Crippen molar-refractivity contribution in [3.63, 3.8) is 0 Å². The molecule has 1 fully saturated rings. The minimum absolute atomic E-state index is 0.289. The van der Waals surface area contributed by atoms with Crippen molar-refractivity contribution in [2.45, 2.75) is 44.3 Å². The minimum Gasteiger partial charge on any atom is -0.493 e. The number of nitrogens with zero attached hydrogens (tertiary/aromatic N) is 2. The van der Waals surface area contributed by atoms with E-state index in [1.54, 1.807) is 18.0 Å². The molecular weight excluding hydrogens is 232 g/mol. The first-order chi connectivity index (χ1) is 8.44. The summed E-state index contributed by atoms with van der Waals surface area (Å²) in [6, 6.07) is 0. The SMILES string of the molecule is CCC1(C)CC(O)(c2c(OC)cnn2C)CCO1. The fourth-order valence-electron chi connectivity index (χ4n) is 2.75. The van der Waals surface area contributed by atoms with Crippen LogP contribution in [0.3, 0.4) is 0 Å². The Bertz CT molecular complexity index is 432. The van der Waals surface area contributed by atoms with Crippen LogP contribution in [0.1, 0.15) is 38.8 Å². The highest BCUT2D eigenvalue weighted by Crippen LogP contribution is 2.43. The lowest BCUT2D eigenvalue weighted by molar-refractivity contribution is -0.160. The molecule has 1 aromatic heterocycles. The summed E-state index contributed by atoms with van der Waals surface area (Å²) in [4.78, 5) is 0. The second-order valence-corrected chi connectivity index (χ2v) is 5.30. The number of aryl methyl sites for hydroxylation is 1. The quantitative estimate of drug-likeness (QED) is 0.890. The van der Waals surface area contributed by atoms with Crippen LogP contribution in [-0.2, 0) is 17.4 Å². The Labute approximate surface area is 108 Å². The summed E-state index contributed by atoms with van der Waals surface area (Å²) in [6.07, 6.45) is 3.65. The molecule has 1 saturated heterocycles. The number of aromatic nitrogens is 2. The van der Waals surface area contributed by atoms with Gasteiger partial charge in [-0.1, -0.05) is 6.92 Å². The van der Waals surface area contributed by atoms with E-state index >= 15 is 0 Å². The van der Waals surface area contributed by atoms with Gasteiger partial charge in [0.1, 0.15) is 11.3 Å². The highest BCUT2D eigenvalue weighted by molar-refractivity contribution is 5.31. The lowest BCUT2D eigenvalue weighted by Gasteiger charge is -2.43. The maximum absolute atomic E-state index is 11.0. The smallest absolute Gasteiger partial charge is 0.162 e. The van der Waals surface area contributed by atoms with Crippen molar-refractivity contribution in [2.75, 3.05) is 13.7 Å². The van der Waals surface area contributed by atoms with E-state index in [-0.39, 0.29) is 5.60 Å². The van der Waals surface area contributed by atoms with Crippen LogP contribution in [0.4, 0.5) is 0 Å². The first-order valence-electron chi connectivity index (χ1n) is 6.37. The Kier molecular flexibility index (Phi) is 3.38. The number of methoxy groups -OCH3 is 1. The molecule has 0 aliphatic carbocycles. The molecule has 1 aliphatic rings. The molecule has 1 aliphatic heterocycles. The van der Waals surface area contributed by atoms with Crippen molar-refractivity contribution in [1.29, 1.82) is 0 Å². The molecule has 5 nitrogen and oxygen atoms in total. The third-order valence-electron chi connectivity index (χ3n) is 3.95. The number of aliphatic hydroxyl groups is 1. The maximum Gasteiger partial charge on any atom is 0.162 e. The van der Waals surface area contributed by atoms with Crippen LogP contribution in [0.2, 0.25) is 0 Å². The zero-order valence-corrected chi connectivity index (χ0v) is 11.6. The highest BCUT2D eigenvalue weighted by atomic mass is 16.5. The van der Waals surface area contributed by atoms with Crippen LogP contribution in [0, 0.1) is 0 Å². The molecule has 2 unspecified atom stereocenters. The van der Waals surface area contributed by atoms with Gasteiger partial charge in [0, 0.05) is 19.9 Å². The van der Waals surface area contributed by atoms with Crippen molar-refractivity contribution >= 4 is 0 Å². The molecule has 2 atom stereocenters. The normalized spacial score (nSPS) is 32.5. The van der Waals surface area contributed by atoms with Gasteiger partial charge in [-0.25, -0.2) is 0 Å². The number of hydrogen-bond acceptors (Lipinski definition) is 4. The fraction of sp³-hybridized carbons (Fsp3) is 0.769. The highest BCUT2D eigenvalue weighted by Gasteiger charge is 2.45. The average Bonchev–Trinajstić information content (AvgIpc) is 2.71. The monoisotopic (exact) mass is 254 g/mol. The van der Waals surface area contributed by atoms with E-state index in [2.05, 4.69) is 12.0 Å². The van der Waals surface area contributed by atoms with E-state index in [9.17, 15) is 5.11 Å². The van der Waals surface area contributed by atoms with Gasteiger partial charge in [-0.3, -0.25) is 4.68 Å². The fourth-order valence-corrected chi connectivity index (χ4v) is 2.75. The van der Waals surface area contributed by atoms with Crippen LogP contribution in [-0.4, -0.2) is 34.2 Å². The van der Waals surface area contributed by atoms with Gasteiger partial charge in [-0.15, -0.1) is 0 Å². The molecule has 0 radical (unpaired) electrons. The van der Waals surface area contributed by atoms with Gasteiger partial charge in [-0.05, 0) is 13.3 Å². The van der Waals surface area contributed by atoms with Crippen LogP contribution in [0.5, 0.6) is 5.75 Å². The first-order valence-corrected chi connectivity index (χ1v) is 6.37. The Morgan fingerprint density at radius 2 is 2.33 bits per heavy atom. The molecular formula is C13H22N2O3. The molecule has 0 aromatic carbocycles. The minimum atomic E-state index is -0.931. The lowest BCUT2D eigenvalue weighted by Crippen LogP contribution is -2.46. The molecule has 0 bridgehead atoms. The van der Waals surface area contributed by atoms with E-state index in [0.29, 0.717) is 25.2 Å². The third kappa shape index (κ3) is 2.12. The summed E-state index contributed by atoms with van der Waals surface area (Å²) in [5.41, 5.74) is -0.477. The van der Waals surface area contributed by atoms with Crippen LogP contribution in [0.25, 0.3) is 0 Å². The summed E-state index contributed by atoms with van der Waals surface area (Å²) in [5, 5.41) is 15.1. The molecule has 2 heterocycles. The Morgan fingerprint density at radius 1 is 1.61 bits per heavy atom. The summed E-state index contributed by atoms with van der Waals surface area (Å²) < 4.78 is 12.8. The lowest BCUT2D eigenvalue weighted by atomic mass is 9.79. The van der Waals surface area contributed by atoms with Crippen molar-refractivity contribution in [3.05, 3.63) is 11.9 Å². The molecule has 1 N–H and O–H groups in total. The van der Waals surface area contributed by atoms with E-state index in [0.717, 1.165) is 12.1 Å². The zero-order valence-electron chi connectivity index (χ0n) is 11.6. The van der Waals surface area contributed by atoms with E-state index in [1.165, 1.54) is 0 Å². The molecule has 1 aromatic rings. The summed E-state index contributed by atoms with van der Waals surface area (Å²) in [7, 11) is 3.43. The van der Waals surface area contributed by atoms with Gasteiger partial charge in [0.15, 0.2) is 5.75 Å². The van der Waals surface area contributed by atoms with Crippen molar-refractivity contribution in [2.24, 2.45) is 7.05 Å². The topological polar surface area (TPSA) is 56.5 Å². The van der Waals surface area contributed by atoms with E-state index in [1.807, 2.05) is 14.0 Å². The number of hydrogen-bond donors (Lipinski definition) is 1. The van der Waals surface area contributed by atoms with Gasteiger partial charge < -0.3 is 14.6 Å². The summed E-state index contributed by atoms with van der Waals surface area (Å²) in [5.74, 6) is 0.639. The van der Waals surface area contributed by atoms with Gasteiger partial charge in [0.2, 0.25) is 0 Å². The van der Waals surface area contributed by atoms with Crippen LogP contribution < -0.4 is 4.74 Å². The zero-order chi connectivity index (χ0) is 13.4. The summed E-state index contributed by atoms with van der Waals surface area (Å²) >= 11 is 0. The molecule has 2 rings (SSSR count).